The Balaban J connectivity index is 0.000000143. The van der Waals surface area contributed by atoms with Gasteiger partial charge in [0.15, 0.2) is 12.8 Å². The van der Waals surface area contributed by atoms with Gasteiger partial charge in [-0.25, -0.2) is 19.9 Å². The van der Waals surface area contributed by atoms with Gasteiger partial charge in [-0.2, -0.15) is 0 Å². The van der Waals surface area contributed by atoms with Gasteiger partial charge < -0.3 is 8.83 Å². The standard InChI is InChI=1S/C46H28N4O2.C46H28N4S2/c2*1-2-8-35-30(6-1)7-5-11-36(35)31-14-12-29(13-15-31)32-16-19-39-40(22-32)46(42-21-18-34(24-48-42)44-26-52-28-50-44)38-10-4-3-9-37(38)45(39)41-20-17-33(23-47-41)43-25-51-27-49-43/h2*1-28H. The van der Waals surface area contributed by atoms with Crippen molar-refractivity contribution in [2.75, 3.05) is 0 Å². The summed E-state index contributed by atoms with van der Waals surface area (Å²) in [5.41, 5.74) is 28.2. The Morgan fingerprint density at radius 1 is 0.212 bits per heavy atom. The first-order valence-corrected chi connectivity index (χ1v) is 36.0. The number of thiazole rings is 2. The predicted molar refractivity (Wildman–Crippen MR) is 426 cm³/mol. The van der Waals surface area contributed by atoms with Gasteiger partial charge in [-0.3, -0.25) is 19.9 Å². The van der Waals surface area contributed by atoms with Crippen molar-refractivity contribution < 1.29 is 8.83 Å². The summed E-state index contributed by atoms with van der Waals surface area (Å²) in [7, 11) is 0. The van der Waals surface area contributed by atoms with Crippen molar-refractivity contribution in [1.29, 1.82) is 0 Å². The zero-order valence-electron chi connectivity index (χ0n) is 55.5. The molecule has 0 radical (unpaired) electrons. The summed E-state index contributed by atoms with van der Waals surface area (Å²) in [6.07, 6.45) is 13.7. The fraction of sp³-hybridized carbons (Fsp3) is 0. The number of rotatable bonds is 12. The lowest BCUT2D eigenvalue weighted by atomic mass is 9.87. The molecule has 0 amide bonds. The number of fused-ring (bicyclic) bond motifs is 6. The van der Waals surface area contributed by atoms with Crippen LogP contribution in [-0.2, 0) is 0 Å². The van der Waals surface area contributed by atoms with Crippen molar-refractivity contribution in [3.63, 3.8) is 0 Å². The molecule has 8 aromatic heterocycles. The maximum atomic E-state index is 5.24. The van der Waals surface area contributed by atoms with E-state index in [0.717, 1.165) is 155 Å². The lowest BCUT2D eigenvalue weighted by molar-refractivity contribution is 0.558. The van der Waals surface area contributed by atoms with Crippen LogP contribution < -0.4 is 0 Å². The molecule has 0 aliphatic rings. The van der Waals surface area contributed by atoms with Crippen LogP contribution in [0.4, 0.5) is 0 Å². The van der Waals surface area contributed by atoms with Gasteiger partial charge in [-0.1, -0.05) is 206 Å². The number of nitrogens with zero attached hydrogens (tertiary/aromatic N) is 8. The third-order valence-corrected chi connectivity index (χ3v) is 20.8. The summed E-state index contributed by atoms with van der Waals surface area (Å²) in [6.45, 7) is 0. The second-order valence-electron chi connectivity index (χ2n) is 25.5. The smallest absolute Gasteiger partial charge is 0.181 e. The first kappa shape index (κ1) is 61.6. The largest absolute Gasteiger partial charge is 0.451 e. The van der Waals surface area contributed by atoms with E-state index >= 15 is 0 Å². The second-order valence-corrected chi connectivity index (χ2v) is 27.0. The molecule has 0 aliphatic heterocycles. The van der Waals surface area contributed by atoms with Crippen molar-refractivity contribution >= 4 is 87.3 Å². The van der Waals surface area contributed by atoms with Crippen LogP contribution in [0.1, 0.15) is 0 Å². The van der Waals surface area contributed by atoms with E-state index in [4.69, 9.17) is 28.8 Å². The molecular formula is C92H56N8O2S2. The minimum absolute atomic E-state index is 0.749. The molecule has 0 N–H and O–H groups in total. The second kappa shape index (κ2) is 26.5. The molecular weight excluding hydrogens is 1310 g/mol. The van der Waals surface area contributed by atoms with Crippen LogP contribution in [-0.4, -0.2) is 39.9 Å². The van der Waals surface area contributed by atoms with E-state index in [-0.39, 0.29) is 0 Å². The molecule has 104 heavy (non-hydrogen) atoms. The molecule has 20 rings (SSSR count). The zero-order valence-corrected chi connectivity index (χ0v) is 57.2. The Labute approximate surface area is 605 Å². The monoisotopic (exact) mass is 1370 g/mol. The minimum atomic E-state index is 0.749. The van der Waals surface area contributed by atoms with Gasteiger partial charge in [0, 0.05) is 80.1 Å². The number of oxazole rings is 2. The quantitative estimate of drug-likeness (QED) is 0.109. The first-order valence-electron chi connectivity index (χ1n) is 34.1. The van der Waals surface area contributed by atoms with Gasteiger partial charge in [0.25, 0.3) is 0 Å². The van der Waals surface area contributed by atoms with Crippen LogP contribution in [0.3, 0.4) is 0 Å². The molecule has 0 atom stereocenters. The van der Waals surface area contributed by atoms with Crippen LogP contribution in [0, 0.1) is 0 Å². The summed E-state index contributed by atoms with van der Waals surface area (Å²) < 4.78 is 10.5. The van der Waals surface area contributed by atoms with E-state index in [1.165, 1.54) is 56.6 Å². The number of hydrogen-bond acceptors (Lipinski definition) is 12. The van der Waals surface area contributed by atoms with E-state index in [1.54, 1.807) is 35.2 Å². The topological polar surface area (TPSA) is 129 Å². The maximum absolute atomic E-state index is 5.24. The van der Waals surface area contributed by atoms with Crippen molar-refractivity contribution in [3.05, 3.63) is 339 Å². The molecule has 0 spiro atoms. The van der Waals surface area contributed by atoms with Crippen LogP contribution in [0.25, 0.3) is 199 Å². The van der Waals surface area contributed by atoms with Gasteiger partial charge in [0.2, 0.25) is 0 Å². The van der Waals surface area contributed by atoms with Gasteiger partial charge in [-0.15, -0.1) is 22.7 Å². The molecule has 12 aromatic carbocycles. The summed E-state index contributed by atoms with van der Waals surface area (Å²) in [4.78, 5) is 37.7. The molecule has 488 valence electrons. The molecule has 0 unspecified atom stereocenters. The van der Waals surface area contributed by atoms with Gasteiger partial charge in [0.05, 0.1) is 45.2 Å². The lowest BCUT2D eigenvalue weighted by Gasteiger charge is -2.18. The van der Waals surface area contributed by atoms with Crippen LogP contribution in [0.2, 0.25) is 0 Å². The average Bonchev–Trinajstić information content (AvgIpc) is 0.881. The highest BCUT2D eigenvalue weighted by molar-refractivity contribution is 7.08. The highest BCUT2D eigenvalue weighted by Crippen LogP contribution is 2.47. The SMILES string of the molecule is c1ccc2c(-c3ccc(-c4ccc5c(-c6ccc(-c7cocn7)cn6)c6ccccc6c(-c6ccc(-c7cocn7)cn6)c5c4)cc3)cccc2c1.c1ccc2c(-c3ccc(-c4ccc5c(-c6ccc(-c7cscn7)cn6)c6ccccc6c(-c6ccc(-c7cscn7)cn6)c5c4)cc3)cccc2c1. The van der Waals surface area contributed by atoms with Crippen molar-refractivity contribution in [2.24, 2.45) is 0 Å². The van der Waals surface area contributed by atoms with E-state index in [0.29, 0.717) is 0 Å². The third kappa shape index (κ3) is 11.3. The van der Waals surface area contributed by atoms with Crippen LogP contribution in [0.5, 0.6) is 0 Å². The molecule has 0 fully saturated rings. The Hall–Kier alpha value is -13.5. The third-order valence-electron chi connectivity index (χ3n) is 19.7. The Morgan fingerprint density at radius 2 is 0.519 bits per heavy atom. The molecule has 10 nitrogen and oxygen atoms in total. The summed E-state index contributed by atoms with van der Waals surface area (Å²) in [6, 6.07) is 95.3. The van der Waals surface area contributed by atoms with E-state index < -0.39 is 0 Å². The summed E-state index contributed by atoms with van der Waals surface area (Å²) in [5, 5.41) is 18.0. The summed E-state index contributed by atoms with van der Waals surface area (Å²) >= 11 is 3.18. The van der Waals surface area contributed by atoms with E-state index in [9.17, 15) is 0 Å². The van der Waals surface area contributed by atoms with E-state index in [1.807, 2.05) is 41.9 Å². The Bertz CT molecular complexity index is 6120. The van der Waals surface area contributed by atoms with Crippen molar-refractivity contribution in [3.8, 4) is 135 Å². The maximum Gasteiger partial charge on any atom is 0.181 e. The van der Waals surface area contributed by atoms with E-state index in [2.05, 4.69) is 292 Å². The number of hydrogen-bond donors (Lipinski definition) is 0. The van der Waals surface area contributed by atoms with Gasteiger partial charge in [0.1, 0.15) is 23.9 Å². The molecule has 0 bridgehead atoms. The van der Waals surface area contributed by atoms with Gasteiger partial charge in [-0.05, 0) is 170 Å². The Morgan fingerprint density at radius 3 is 0.856 bits per heavy atom. The highest BCUT2D eigenvalue weighted by atomic mass is 32.1. The fourth-order valence-electron chi connectivity index (χ4n) is 14.7. The normalized spacial score (nSPS) is 11.5. The number of pyridine rings is 4. The minimum Gasteiger partial charge on any atom is -0.451 e. The molecule has 0 saturated carbocycles. The van der Waals surface area contributed by atoms with Crippen molar-refractivity contribution in [2.45, 2.75) is 0 Å². The first-order chi connectivity index (χ1) is 51.6. The molecule has 0 aliphatic carbocycles. The highest BCUT2D eigenvalue weighted by Gasteiger charge is 2.23. The number of benzene rings is 12. The fourth-order valence-corrected chi connectivity index (χ4v) is 15.8. The molecule has 20 aromatic rings. The number of aromatic nitrogens is 8. The lowest BCUT2D eigenvalue weighted by Crippen LogP contribution is -1.95. The molecule has 12 heteroatoms. The van der Waals surface area contributed by atoms with Gasteiger partial charge >= 0.3 is 0 Å². The molecule has 8 heterocycles. The summed E-state index contributed by atoms with van der Waals surface area (Å²) in [5.74, 6) is 0. The average molecular weight is 1370 g/mol. The van der Waals surface area contributed by atoms with Crippen molar-refractivity contribution in [1.82, 2.24) is 39.9 Å². The van der Waals surface area contributed by atoms with Crippen LogP contribution in [0.15, 0.2) is 348 Å². The predicted octanol–water partition coefficient (Wildman–Crippen LogP) is 24.8. The molecule has 0 saturated heterocycles. The Kier molecular flexibility index (Phi) is 15.7. The van der Waals surface area contributed by atoms with Crippen LogP contribution >= 0.6 is 22.7 Å². The zero-order chi connectivity index (χ0) is 68.9.